The number of piperidine rings is 1. The number of amides is 1. The van der Waals surface area contributed by atoms with Gasteiger partial charge in [-0.15, -0.1) is 0 Å². The van der Waals surface area contributed by atoms with Crippen LogP contribution in [0.1, 0.15) is 40.7 Å². The van der Waals surface area contributed by atoms with Crippen molar-refractivity contribution in [2.24, 2.45) is 0 Å². The topological polar surface area (TPSA) is 38.8 Å². The summed E-state index contributed by atoms with van der Waals surface area (Å²) < 4.78 is 0. The molecule has 3 rings (SSSR count). The van der Waals surface area contributed by atoms with Crippen LogP contribution < -0.4 is 10.2 Å². The second-order valence-electron chi connectivity index (χ2n) is 9.78. The van der Waals surface area contributed by atoms with Gasteiger partial charge in [-0.3, -0.25) is 4.79 Å². The van der Waals surface area contributed by atoms with Crippen molar-refractivity contribution in [3.63, 3.8) is 0 Å². The molecule has 1 aliphatic rings. The van der Waals surface area contributed by atoms with Crippen LogP contribution in [0.4, 0.5) is 11.4 Å². The number of carbonyl (C=O) groups excluding carboxylic acids is 1. The van der Waals surface area contributed by atoms with Gasteiger partial charge < -0.3 is 20.0 Å². The Bertz CT molecular complexity index is 917. The normalized spacial score (nSPS) is 14.9. The highest BCUT2D eigenvalue weighted by Crippen LogP contribution is 2.35. The molecule has 1 saturated heterocycles. The van der Waals surface area contributed by atoms with Gasteiger partial charge in [0.05, 0.1) is 6.54 Å². The Hall–Kier alpha value is -2.53. The summed E-state index contributed by atoms with van der Waals surface area (Å²) in [7, 11) is 6.15. The number of carbonyl (C=O) groups is 1. The van der Waals surface area contributed by atoms with Crippen LogP contribution in [0.2, 0.25) is 0 Å². The molecule has 0 saturated carbocycles. The molecule has 0 unspecified atom stereocenters. The molecule has 1 fully saturated rings. The van der Waals surface area contributed by atoms with Crippen molar-refractivity contribution in [2.45, 2.75) is 53.0 Å². The quantitative estimate of drug-likeness (QED) is 0.640. The zero-order valence-electron chi connectivity index (χ0n) is 21.7. The Kier molecular flexibility index (Phi) is 8.41. The van der Waals surface area contributed by atoms with Gasteiger partial charge in [-0.2, -0.15) is 0 Å². The second kappa shape index (κ2) is 11.1. The third kappa shape index (κ3) is 5.89. The fraction of sp³-hybridized carbons (Fsp3) is 0.536. The number of hydrogen-bond acceptors (Lipinski definition) is 4. The lowest BCUT2D eigenvalue weighted by Gasteiger charge is -2.37. The standard InChI is InChI=1S/C28H42N4O/c1-20-22(3)28(30(5)6)23(4)21(2)27(20)29-19-26(33)31(7)25-14-17-32(18-15-25)16-13-24-11-9-8-10-12-24/h8-12,25,29H,13-19H2,1-7H3. The molecule has 1 N–H and O–H groups in total. The van der Waals surface area contributed by atoms with Crippen molar-refractivity contribution in [1.82, 2.24) is 9.80 Å². The molecule has 5 heteroatoms. The first-order chi connectivity index (χ1) is 15.7. The lowest BCUT2D eigenvalue weighted by molar-refractivity contribution is -0.130. The van der Waals surface area contributed by atoms with E-state index in [1.807, 2.05) is 11.9 Å². The molecular weight excluding hydrogens is 408 g/mol. The van der Waals surface area contributed by atoms with Gasteiger partial charge in [0, 0.05) is 58.2 Å². The molecule has 0 radical (unpaired) electrons. The minimum absolute atomic E-state index is 0.170. The van der Waals surface area contributed by atoms with Crippen LogP contribution in [0, 0.1) is 27.7 Å². The maximum atomic E-state index is 13.0. The molecule has 5 nitrogen and oxygen atoms in total. The van der Waals surface area contributed by atoms with Gasteiger partial charge in [0.15, 0.2) is 0 Å². The summed E-state index contributed by atoms with van der Waals surface area (Å²) in [5.41, 5.74) is 8.77. The van der Waals surface area contributed by atoms with E-state index >= 15 is 0 Å². The molecule has 1 amide bonds. The average Bonchev–Trinajstić information content (AvgIpc) is 2.81. The zero-order chi connectivity index (χ0) is 24.1. The molecular formula is C28H42N4O. The van der Waals surface area contributed by atoms with E-state index in [0.29, 0.717) is 12.6 Å². The molecule has 1 aliphatic heterocycles. The number of hydrogen-bond donors (Lipinski definition) is 1. The molecule has 0 aliphatic carbocycles. The third-order valence-electron chi connectivity index (χ3n) is 7.51. The maximum Gasteiger partial charge on any atom is 0.241 e. The van der Waals surface area contributed by atoms with Crippen LogP contribution in [0.5, 0.6) is 0 Å². The van der Waals surface area contributed by atoms with Crippen LogP contribution in [0.15, 0.2) is 30.3 Å². The molecule has 0 aromatic heterocycles. The van der Waals surface area contributed by atoms with Crippen LogP contribution in [-0.4, -0.2) is 69.1 Å². The van der Waals surface area contributed by atoms with E-state index in [0.717, 1.165) is 44.6 Å². The monoisotopic (exact) mass is 450 g/mol. The molecule has 33 heavy (non-hydrogen) atoms. The van der Waals surface area contributed by atoms with E-state index in [1.54, 1.807) is 0 Å². The molecule has 0 atom stereocenters. The first-order valence-electron chi connectivity index (χ1n) is 12.2. The summed E-state index contributed by atoms with van der Waals surface area (Å²) in [6.07, 6.45) is 3.18. The van der Waals surface area contributed by atoms with E-state index in [4.69, 9.17) is 0 Å². The first kappa shape index (κ1) is 25.1. The molecule has 2 aromatic carbocycles. The van der Waals surface area contributed by atoms with Crippen molar-refractivity contribution in [2.75, 3.05) is 57.5 Å². The highest BCUT2D eigenvalue weighted by molar-refractivity contribution is 5.83. The Balaban J connectivity index is 1.52. The van der Waals surface area contributed by atoms with Crippen LogP contribution >= 0.6 is 0 Å². The summed E-state index contributed by atoms with van der Waals surface area (Å²) in [5.74, 6) is 0.170. The zero-order valence-corrected chi connectivity index (χ0v) is 21.7. The number of likely N-dealkylation sites (tertiary alicyclic amines) is 1. The summed E-state index contributed by atoms with van der Waals surface area (Å²) >= 11 is 0. The van der Waals surface area contributed by atoms with E-state index in [1.165, 1.54) is 33.5 Å². The van der Waals surface area contributed by atoms with Gasteiger partial charge in [0.25, 0.3) is 0 Å². The van der Waals surface area contributed by atoms with Gasteiger partial charge in [0.1, 0.15) is 0 Å². The van der Waals surface area contributed by atoms with Gasteiger partial charge in [-0.05, 0) is 74.8 Å². The highest BCUT2D eigenvalue weighted by atomic mass is 16.2. The van der Waals surface area contributed by atoms with Gasteiger partial charge >= 0.3 is 0 Å². The van der Waals surface area contributed by atoms with E-state index in [9.17, 15) is 4.79 Å². The number of rotatable bonds is 8. The van der Waals surface area contributed by atoms with Crippen molar-refractivity contribution in [3.05, 3.63) is 58.1 Å². The van der Waals surface area contributed by atoms with Gasteiger partial charge in [-0.1, -0.05) is 30.3 Å². The number of anilines is 2. The number of benzene rings is 2. The van der Waals surface area contributed by atoms with Crippen molar-refractivity contribution >= 4 is 17.3 Å². The molecule has 1 heterocycles. The Morgan fingerprint density at radius 1 is 0.939 bits per heavy atom. The minimum atomic E-state index is 0.170. The molecule has 2 aromatic rings. The third-order valence-corrected chi connectivity index (χ3v) is 7.51. The maximum absolute atomic E-state index is 13.0. The predicted molar refractivity (Wildman–Crippen MR) is 141 cm³/mol. The van der Waals surface area contributed by atoms with E-state index < -0.39 is 0 Å². The summed E-state index contributed by atoms with van der Waals surface area (Å²) in [6.45, 7) is 12.2. The lowest BCUT2D eigenvalue weighted by atomic mass is 9.95. The Labute approximate surface area is 200 Å². The summed E-state index contributed by atoms with van der Waals surface area (Å²) in [6, 6.07) is 11.0. The van der Waals surface area contributed by atoms with E-state index in [-0.39, 0.29) is 5.91 Å². The van der Waals surface area contributed by atoms with Crippen LogP contribution in [0.25, 0.3) is 0 Å². The van der Waals surface area contributed by atoms with Crippen molar-refractivity contribution in [3.8, 4) is 0 Å². The predicted octanol–water partition coefficient (Wildman–Crippen LogP) is 4.56. The number of nitrogens with zero attached hydrogens (tertiary/aromatic N) is 3. The first-order valence-corrected chi connectivity index (χ1v) is 12.2. The Morgan fingerprint density at radius 2 is 1.52 bits per heavy atom. The van der Waals surface area contributed by atoms with Crippen molar-refractivity contribution in [1.29, 1.82) is 0 Å². The molecule has 180 valence electrons. The number of nitrogens with one attached hydrogen (secondary N) is 1. The Morgan fingerprint density at radius 3 is 2.06 bits per heavy atom. The SMILES string of the molecule is Cc1c(C)c(N(C)C)c(C)c(C)c1NCC(=O)N(C)C1CCN(CCc2ccccc2)CC1. The van der Waals surface area contributed by atoms with Crippen LogP contribution in [0.3, 0.4) is 0 Å². The van der Waals surface area contributed by atoms with Crippen LogP contribution in [-0.2, 0) is 11.2 Å². The fourth-order valence-corrected chi connectivity index (χ4v) is 5.18. The lowest BCUT2D eigenvalue weighted by Crippen LogP contribution is -2.47. The highest BCUT2D eigenvalue weighted by Gasteiger charge is 2.25. The largest absolute Gasteiger partial charge is 0.377 e. The van der Waals surface area contributed by atoms with Gasteiger partial charge in [-0.25, -0.2) is 0 Å². The van der Waals surface area contributed by atoms with E-state index in [2.05, 4.69) is 87.2 Å². The van der Waals surface area contributed by atoms with Crippen molar-refractivity contribution < 1.29 is 4.79 Å². The fourth-order valence-electron chi connectivity index (χ4n) is 5.18. The minimum Gasteiger partial charge on any atom is -0.377 e. The molecule has 0 bridgehead atoms. The summed E-state index contributed by atoms with van der Waals surface area (Å²) in [4.78, 5) is 19.7. The van der Waals surface area contributed by atoms with Gasteiger partial charge in [0.2, 0.25) is 5.91 Å². The molecule has 0 spiro atoms. The summed E-state index contributed by atoms with van der Waals surface area (Å²) in [5, 5.41) is 3.48. The smallest absolute Gasteiger partial charge is 0.241 e. The second-order valence-corrected chi connectivity index (χ2v) is 9.78. The average molecular weight is 451 g/mol. The number of likely N-dealkylation sites (N-methyl/N-ethyl adjacent to an activating group) is 1.